The minimum Gasteiger partial charge on any atom is -0.461 e. The van der Waals surface area contributed by atoms with Crippen LogP contribution >= 0.6 is 11.6 Å². The fourth-order valence-electron chi connectivity index (χ4n) is 1.53. The summed E-state index contributed by atoms with van der Waals surface area (Å²) in [5.41, 5.74) is 1.72. The van der Waals surface area contributed by atoms with Gasteiger partial charge >= 0.3 is 5.97 Å². The van der Waals surface area contributed by atoms with Crippen LogP contribution in [-0.4, -0.2) is 22.8 Å². The van der Waals surface area contributed by atoms with E-state index in [0.717, 1.165) is 5.56 Å². The second-order valence-corrected chi connectivity index (χ2v) is 3.77. The van der Waals surface area contributed by atoms with Crippen molar-refractivity contribution in [3.63, 3.8) is 0 Å². The van der Waals surface area contributed by atoms with Crippen LogP contribution in [-0.2, 0) is 4.74 Å². The highest BCUT2D eigenvalue weighted by Crippen LogP contribution is 2.29. The van der Waals surface area contributed by atoms with Crippen LogP contribution < -0.4 is 0 Å². The minimum absolute atomic E-state index is 0.319. The van der Waals surface area contributed by atoms with Gasteiger partial charge in [-0.05, 0) is 13.0 Å². The monoisotopic (exact) mass is 250 g/mol. The third kappa shape index (κ3) is 2.31. The molecule has 1 N–H and O–H groups in total. The van der Waals surface area contributed by atoms with Gasteiger partial charge in [-0.2, -0.15) is 5.10 Å². The molecule has 1 aromatic heterocycles. The number of ether oxygens (including phenoxy) is 1. The molecule has 0 aliphatic carbocycles. The molecule has 0 bridgehead atoms. The molecule has 0 saturated carbocycles. The Morgan fingerprint density at radius 3 is 2.88 bits per heavy atom. The smallest absolute Gasteiger partial charge is 0.356 e. The Hall–Kier alpha value is -1.81. The maximum Gasteiger partial charge on any atom is 0.356 e. The summed E-state index contributed by atoms with van der Waals surface area (Å²) >= 11 is 6.08. The highest BCUT2D eigenvalue weighted by molar-refractivity contribution is 6.33. The zero-order valence-electron chi connectivity index (χ0n) is 9.24. The van der Waals surface area contributed by atoms with E-state index in [1.807, 2.05) is 18.2 Å². The van der Waals surface area contributed by atoms with E-state index in [2.05, 4.69) is 10.2 Å². The third-order valence-electron chi connectivity index (χ3n) is 2.28. The molecule has 0 unspecified atom stereocenters. The molecule has 0 amide bonds. The Bertz CT molecular complexity index is 537. The molecule has 17 heavy (non-hydrogen) atoms. The van der Waals surface area contributed by atoms with E-state index in [4.69, 9.17) is 16.3 Å². The Balaban J connectivity index is 2.44. The topological polar surface area (TPSA) is 55.0 Å². The quantitative estimate of drug-likeness (QED) is 0.852. The van der Waals surface area contributed by atoms with Gasteiger partial charge in [-0.15, -0.1) is 0 Å². The Kier molecular flexibility index (Phi) is 3.44. The fraction of sp³-hybridized carbons (Fsp3) is 0.167. The van der Waals surface area contributed by atoms with E-state index in [1.165, 1.54) is 0 Å². The second kappa shape index (κ2) is 5.01. The normalized spacial score (nSPS) is 10.2. The number of aromatic amines is 1. The lowest BCUT2D eigenvalue weighted by molar-refractivity contribution is 0.0520. The molecule has 1 heterocycles. The molecule has 0 aliphatic heterocycles. The van der Waals surface area contributed by atoms with Crippen molar-refractivity contribution in [2.45, 2.75) is 6.92 Å². The van der Waals surface area contributed by atoms with Crippen LogP contribution in [0.2, 0.25) is 5.02 Å². The molecule has 0 atom stereocenters. The largest absolute Gasteiger partial charge is 0.461 e. The van der Waals surface area contributed by atoms with E-state index in [1.54, 1.807) is 19.2 Å². The van der Waals surface area contributed by atoms with Crippen molar-refractivity contribution >= 4 is 17.6 Å². The number of hydrogen-bond acceptors (Lipinski definition) is 3. The molecule has 2 aromatic rings. The molecule has 0 aliphatic rings. The second-order valence-electron chi connectivity index (χ2n) is 3.36. The summed E-state index contributed by atoms with van der Waals surface area (Å²) in [7, 11) is 0. The summed E-state index contributed by atoms with van der Waals surface area (Å²) in [5.74, 6) is -0.431. The van der Waals surface area contributed by atoms with E-state index in [0.29, 0.717) is 22.9 Å². The van der Waals surface area contributed by atoms with Crippen molar-refractivity contribution in [1.29, 1.82) is 0 Å². The highest BCUT2D eigenvalue weighted by atomic mass is 35.5. The van der Waals surface area contributed by atoms with Gasteiger partial charge in [0.2, 0.25) is 0 Å². The van der Waals surface area contributed by atoms with Crippen LogP contribution in [0, 0.1) is 0 Å². The van der Waals surface area contributed by atoms with Crippen LogP contribution in [0.25, 0.3) is 11.1 Å². The molecule has 0 radical (unpaired) electrons. The number of aromatic nitrogens is 2. The van der Waals surface area contributed by atoms with Crippen molar-refractivity contribution in [1.82, 2.24) is 10.2 Å². The predicted octanol–water partition coefficient (Wildman–Crippen LogP) is 2.91. The van der Waals surface area contributed by atoms with Gasteiger partial charge in [0.25, 0.3) is 0 Å². The molecular weight excluding hydrogens is 240 g/mol. The number of H-pyrrole nitrogens is 1. The Morgan fingerprint density at radius 1 is 1.41 bits per heavy atom. The first-order valence-electron chi connectivity index (χ1n) is 5.19. The molecule has 0 fully saturated rings. The molecule has 0 spiro atoms. The van der Waals surface area contributed by atoms with Crippen molar-refractivity contribution in [3.8, 4) is 11.1 Å². The number of carbonyl (C=O) groups is 1. The van der Waals surface area contributed by atoms with Crippen molar-refractivity contribution in [2.75, 3.05) is 6.61 Å². The van der Waals surface area contributed by atoms with Gasteiger partial charge in [0.05, 0.1) is 12.8 Å². The van der Waals surface area contributed by atoms with Crippen molar-refractivity contribution in [3.05, 3.63) is 41.2 Å². The average Bonchev–Trinajstić information content (AvgIpc) is 2.79. The van der Waals surface area contributed by atoms with Gasteiger partial charge in [-0.3, -0.25) is 5.10 Å². The standard InChI is InChI=1S/C12H11ClN2O2/c1-2-17-12(16)11-9(7-14-15-11)8-5-3-4-6-10(8)13/h3-7H,2H2,1H3,(H,14,15). The van der Waals surface area contributed by atoms with Crippen LogP contribution in [0.15, 0.2) is 30.5 Å². The summed E-state index contributed by atoms with van der Waals surface area (Å²) in [6, 6.07) is 7.27. The van der Waals surface area contributed by atoms with Gasteiger partial charge in [0.1, 0.15) is 0 Å². The number of hydrogen-bond donors (Lipinski definition) is 1. The van der Waals surface area contributed by atoms with Crippen LogP contribution in [0.1, 0.15) is 17.4 Å². The van der Waals surface area contributed by atoms with Crippen LogP contribution in [0.5, 0.6) is 0 Å². The molecule has 2 rings (SSSR count). The molecule has 1 aromatic carbocycles. The van der Waals surface area contributed by atoms with Crippen molar-refractivity contribution in [2.24, 2.45) is 0 Å². The summed E-state index contributed by atoms with van der Waals surface area (Å²) in [5, 5.41) is 7.06. The van der Waals surface area contributed by atoms with E-state index < -0.39 is 5.97 Å². The first kappa shape index (κ1) is 11.7. The van der Waals surface area contributed by atoms with Crippen LogP contribution in [0.4, 0.5) is 0 Å². The van der Waals surface area contributed by atoms with Gasteiger partial charge in [-0.1, -0.05) is 29.8 Å². The number of nitrogens with one attached hydrogen (secondary N) is 1. The number of nitrogens with zero attached hydrogens (tertiary/aromatic N) is 1. The lowest BCUT2D eigenvalue weighted by atomic mass is 10.1. The number of carbonyl (C=O) groups excluding carboxylic acids is 1. The van der Waals surface area contributed by atoms with E-state index in [-0.39, 0.29) is 0 Å². The summed E-state index contributed by atoms with van der Waals surface area (Å²) in [4.78, 5) is 11.7. The number of rotatable bonds is 3. The molecule has 88 valence electrons. The lowest BCUT2D eigenvalue weighted by Gasteiger charge is -2.04. The number of halogens is 1. The third-order valence-corrected chi connectivity index (χ3v) is 2.61. The van der Waals surface area contributed by atoms with Crippen LogP contribution in [0.3, 0.4) is 0 Å². The lowest BCUT2D eigenvalue weighted by Crippen LogP contribution is -2.06. The molecular formula is C12H11ClN2O2. The van der Waals surface area contributed by atoms with E-state index in [9.17, 15) is 4.79 Å². The summed E-state index contributed by atoms with van der Waals surface area (Å²) in [6.07, 6.45) is 1.56. The minimum atomic E-state index is -0.431. The van der Waals surface area contributed by atoms with Crippen molar-refractivity contribution < 1.29 is 9.53 Å². The summed E-state index contributed by atoms with van der Waals surface area (Å²) in [6.45, 7) is 2.07. The first-order chi connectivity index (χ1) is 8.24. The molecule has 4 nitrogen and oxygen atoms in total. The summed E-state index contributed by atoms with van der Waals surface area (Å²) < 4.78 is 4.94. The average molecular weight is 251 g/mol. The van der Waals surface area contributed by atoms with Gasteiger partial charge < -0.3 is 4.74 Å². The zero-order valence-corrected chi connectivity index (χ0v) is 9.99. The number of esters is 1. The predicted molar refractivity (Wildman–Crippen MR) is 65.0 cm³/mol. The first-order valence-corrected chi connectivity index (χ1v) is 5.57. The SMILES string of the molecule is CCOC(=O)c1[nH]ncc1-c1ccccc1Cl. The maximum absolute atomic E-state index is 11.7. The Morgan fingerprint density at radius 2 is 2.18 bits per heavy atom. The van der Waals surface area contributed by atoms with E-state index >= 15 is 0 Å². The molecule has 5 heteroatoms. The Labute approximate surface area is 104 Å². The fourth-order valence-corrected chi connectivity index (χ4v) is 1.77. The van der Waals surface area contributed by atoms with Gasteiger partial charge in [0, 0.05) is 16.1 Å². The number of benzene rings is 1. The zero-order chi connectivity index (χ0) is 12.3. The maximum atomic E-state index is 11.7. The molecule has 0 saturated heterocycles. The highest BCUT2D eigenvalue weighted by Gasteiger charge is 2.17. The van der Waals surface area contributed by atoms with Gasteiger partial charge in [0.15, 0.2) is 5.69 Å². The van der Waals surface area contributed by atoms with Gasteiger partial charge in [-0.25, -0.2) is 4.79 Å².